The molecule has 0 radical (unpaired) electrons. The van der Waals surface area contributed by atoms with E-state index in [0.29, 0.717) is 6.54 Å². The van der Waals surface area contributed by atoms with E-state index in [-0.39, 0.29) is 11.6 Å². The maximum absolute atomic E-state index is 13.6. The van der Waals surface area contributed by atoms with Crippen LogP contribution in [0.5, 0.6) is 5.75 Å². The van der Waals surface area contributed by atoms with Crippen molar-refractivity contribution in [2.24, 2.45) is 0 Å². The Morgan fingerprint density at radius 3 is 2.85 bits per heavy atom. The molecular formula is C15H20FN3O. The molecule has 0 amide bonds. The summed E-state index contributed by atoms with van der Waals surface area (Å²) in [5, 5.41) is 7.73. The summed E-state index contributed by atoms with van der Waals surface area (Å²) in [5.74, 6) is -0.0834. The summed E-state index contributed by atoms with van der Waals surface area (Å²) in [4.78, 5) is 0. The number of halogens is 1. The summed E-state index contributed by atoms with van der Waals surface area (Å²) in [5.41, 5.74) is 3.03. The van der Waals surface area contributed by atoms with Gasteiger partial charge in [-0.15, -0.1) is 0 Å². The molecule has 0 unspecified atom stereocenters. The second-order valence-electron chi connectivity index (χ2n) is 4.69. The molecule has 0 fully saturated rings. The Morgan fingerprint density at radius 2 is 2.20 bits per heavy atom. The van der Waals surface area contributed by atoms with Gasteiger partial charge < -0.3 is 10.1 Å². The van der Waals surface area contributed by atoms with Gasteiger partial charge in [-0.3, -0.25) is 4.68 Å². The first-order chi connectivity index (χ1) is 9.63. The van der Waals surface area contributed by atoms with Crippen LogP contribution in [0.1, 0.15) is 23.7 Å². The van der Waals surface area contributed by atoms with E-state index in [0.717, 1.165) is 24.3 Å². The fourth-order valence-corrected chi connectivity index (χ4v) is 2.07. The van der Waals surface area contributed by atoms with Crippen molar-refractivity contribution in [2.45, 2.75) is 26.9 Å². The number of methoxy groups -OCH3 is 1. The average molecular weight is 277 g/mol. The summed E-state index contributed by atoms with van der Waals surface area (Å²) in [7, 11) is 1.46. The first-order valence-electron chi connectivity index (χ1n) is 6.70. The van der Waals surface area contributed by atoms with Gasteiger partial charge in [-0.1, -0.05) is 13.0 Å². The molecule has 0 spiro atoms. The van der Waals surface area contributed by atoms with Crippen LogP contribution in [0.25, 0.3) is 0 Å². The zero-order valence-electron chi connectivity index (χ0n) is 12.1. The highest BCUT2D eigenvalue weighted by Gasteiger charge is 2.07. The van der Waals surface area contributed by atoms with E-state index in [1.165, 1.54) is 18.7 Å². The number of hydrogen-bond donors (Lipinski definition) is 1. The molecule has 0 bridgehead atoms. The lowest BCUT2D eigenvalue weighted by Crippen LogP contribution is -2.11. The lowest BCUT2D eigenvalue weighted by molar-refractivity contribution is 0.386. The highest BCUT2D eigenvalue weighted by Crippen LogP contribution is 2.18. The maximum Gasteiger partial charge on any atom is 0.165 e. The van der Waals surface area contributed by atoms with Crippen molar-refractivity contribution in [1.82, 2.24) is 15.1 Å². The maximum atomic E-state index is 13.6. The Labute approximate surface area is 118 Å². The molecule has 108 valence electrons. The van der Waals surface area contributed by atoms with E-state index in [4.69, 9.17) is 4.74 Å². The van der Waals surface area contributed by atoms with Gasteiger partial charge in [0.1, 0.15) is 0 Å². The fourth-order valence-electron chi connectivity index (χ4n) is 2.07. The van der Waals surface area contributed by atoms with Gasteiger partial charge >= 0.3 is 0 Å². The number of aromatic nitrogens is 2. The highest BCUT2D eigenvalue weighted by molar-refractivity contribution is 5.29. The van der Waals surface area contributed by atoms with Crippen molar-refractivity contribution in [1.29, 1.82) is 0 Å². The van der Waals surface area contributed by atoms with E-state index < -0.39 is 0 Å². The predicted molar refractivity (Wildman–Crippen MR) is 76.4 cm³/mol. The molecule has 0 aliphatic carbocycles. The highest BCUT2D eigenvalue weighted by atomic mass is 19.1. The Morgan fingerprint density at radius 1 is 1.40 bits per heavy atom. The van der Waals surface area contributed by atoms with Crippen LogP contribution in [0, 0.1) is 12.7 Å². The minimum absolute atomic E-state index is 0.262. The van der Waals surface area contributed by atoms with Gasteiger partial charge in [0.05, 0.1) is 19.3 Å². The molecule has 1 N–H and O–H groups in total. The number of ether oxygens (including phenoxy) is 1. The minimum Gasteiger partial charge on any atom is -0.494 e. The third-order valence-electron chi connectivity index (χ3n) is 3.17. The molecule has 0 aliphatic rings. The minimum atomic E-state index is -0.346. The zero-order valence-corrected chi connectivity index (χ0v) is 12.1. The molecule has 2 aromatic rings. The summed E-state index contributed by atoms with van der Waals surface area (Å²) in [6.07, 6.45) is 2.00. The molecule has 0 atom stereocenters. The summed E-state index contributed by atoms with van der Waals surface area (Å²) < 4.78 is 20.4. The number of nitrogens with zero attached hydrogens (tertiary/aromatic N) is 2. The quantitative estimate of drug-likeness (QED) is 0.881. The van der Waals surface area contributed by atoms with Crippen molar-refractivity contribution >= 4 is 0 Å². The van der Waals surface area contributed by atoms with Crippen LogP contribution in [0.4, 0.5) is 4.39 Å². The lowest BCUT2D eigenvalue weighted by Gasteiger charge is -2.05. The molecule has 1 aromatic carbocycles. The van der Waals surface area contributed by atoms with Crippen molar-refractivity contribution < 1.29 is 9.13 Å². The second-order valence-corrected chi connectivity index (χ2v) is 4.69. The summed E-state index contributed by atoms with van der Waals surface area (Å²) >= 11 is 0. The summed E-state index contributed by atoms with van der Waals surface area (Å²) in [6, 6.07) is 4.98. The molecule has 0 saturated carbocycles. The zero-order chi connectivity index (χ0) is 14.5. The van der Waals surface area contributed by atoms with Gasteiger partial charge in [0.25, 0.3) is 0 Å². The van der Waals surface area contributed by atoms with Crippen LogP contribution in [0.15, 0.2) is 24.4 Å². The molecular weight excluding hydrogens is 257 g/mol. The van der Waals surface area contributed by atoms with Crippen LogP contribution in [-0.2, 0) is 13.1 Å². The van der Waals surface area contributed by atoms with E-state index in [1.807, 2.05) is 23.9 Å². The third kappa shape index (κ3) is 3.36. The van der Waals surface area contributed by atoms with Crippen LogP contribution in [0.3, 0.4) is 0 Å². The van der Waals surface area contributed by atoms with Gasteiger partial charge in [0, 0.05) is 18.3 Å². The largest absolute Gasteiger partial charge is 0.494 e. The topological polar surface area (TPSA) is 39.1 Å². The van der Waals surface area contributed by atoms with Gasteiger partial charge in [-0.05, 0) is 31.2 Å². The van der Waals surface area contributed by atoms with Gasteiger partial charge in [-0.25, -0.2) is 4.39 Å². The number of benzene rings is 1. The predicted octanol–water partition coefficient (Wildman–Crippen LogP) is 2.50. The fraction of sp³-hybridized carbons (Fsp3) is 0.400. The Kier molecular flexibility index (Phi) is 4.74. The first kappa shape index (κ1) is 14.5. The first-order valence-corrected chi connectivity index (χ1v) is 6.70. The SMILES string of the molecule is CCNCc1cn(Cc2ccc(OC)c(F)c2)nc1C. The monoisotopic (exact) mass is 277 g/mol. The number of rotatable bonds is 6. The van der Waals surface area contributed by atoms with E-state index in [9.17, 15) is 4.39 Å². The van der Waals surface area contributed by atoms with E-state index >= 15 is 0 Å². The second kappa shape index (κ2) is 6.52. The van der Waals surface area contributed by atoms with E-state index in [1.54, 1.807) is 6.07 Å². The molecule has 20 heavy (non-hydrogen) atoms. The van der Waals surface area contributed by atoms with Crippen LogP contribution >= 0.6 is 0 Å². The third-order valence-corrected chi connectivity index (χ3v) is 3.17. The number of nitrogens with one attached hydrogen (secondary N) is 1. The van der Waals surface area contributed by atoms with Crippen molar-refractivity contribution in [2.75, 3.05) is 13.7 Å². The van der Waals surface area contributed by atoms with Crippen molar-refractivity contribution in [3.05, 3.63) is 47.0 Å². The van der Waals surface area contributed by atoms with E-state index in [2.05, 4.69) is 17.3 Å². The normalized spacial score (nSPS) is 10.8. The van der Waals surface area contributed by atoms with Gasteiger partial charge in [-0.2, -0.15) is 5.10 Å². The molecule has 0 aliphatic heterocycles. The average Bonchev–Trinajstić information content (AvgIpc) is 2.76. The Balaban J connectivity index is 2.11. The molecule has 4 nitrogen and oxygen atoms in total. The molecule has 2 rings (SSSR count). The van der Waals surface area contributed by atoms with Crippen LogP contribution < -0.4 is 10.1 Å². The molecule has 0 saturated heterocycles. The van der Waals surface area contributed by atoms with Crippen molar-refractivity contribution in [3.8, 4) is 5.75 Å². The number of aryl methyl sites for hydroxylation is 1. The van der Waals surface area contributed by atoms with Gasteiger partial charge in [0.2, 0.25) is 0 Å². The standard InChI is InChI=1S/C15H20FN3O/c1-4-17-8-13-10-19(18-11(13)2)9-12-5-6-15(20-3)14(16)7-12/h5-7,10,17H,4,8-9H2,1-3H3. The molecule has 5 heteroatoms. The van der Waals surface area contributed by atoms with Crippen LogP contribution in [-0.4, -0.2) is 23.4 Å². The Bertz CT molecular complexity index is 580. The smallest absolute Gasteiger partial charge is 0.165 e. The Hall–Kier alpha value is -1.88. The van der Waals surface area contributed by atoms with Gasteiger partial charge in [0.15, 0.2) is 11.6 Å². The van der Waals surface area contributed by atoms with Crippen molar-refractivity contribution in [3.63, 3.8) is 0 Å². The lowest BCUT2D eigenvalue weighted by atomic mass is 10.2. The number of hydrogen-bond acceptors (Lipinski definition) is 3. The summed E-state index contributed by atoms with van der Waals surface area (Å²) in [6.45, 7) is 6.33. The molecule has 1 aromatic heterocycles. The van der Waals surface area contributed by atoms with Crippen LogP contribution in [0.2, 0.25) is 0 Å². The molecule has 1 heterocycles.